The van der Waals surface area contributed by atoms with Gasteiger partial charge in [0.05, 0.1) is 6.54 Å². The largest absolute Gasteiger partial charge is 0.434 e. The molecule has 3 rings (SSSR count). The molecule has 0 spiro atoms. The van der Waals surface area contributed by atoms with Gasteiger partial charge in [0.15, 0.2) is 11.7 Å². The van der Waals surface area contributed by atoms with Crippen LogP contribution in [0.1, 0.15) is 36.0 Å². The Morgan fingerprint density at radius 3 is 2.67 bits per heavy atom. The first-order valence-corrected chi connectivity index (χ1v) is 9.50. The Balaban J connectivity index is 1.64. The molecule has 1 aromatic carbocycles. The molecule has 0 saturated heterocycles. The third kappa shape index (κ3) is 4.97. The van der Waals surface area contributed by atoms with E-state index in [1.165, 1.54) is 6.07 Å². The lowest BCUT2D eigenvalue weighted by atomic mass is 9.96. The fraction of sp³-hybridized carbons (Fsp3) is 0.444. The predicted octanol–water partition coefficient (Wildman–Crippen LogP) is 4.09. The van der Waals surface area contributed by atoms with Gasteiger partial charge >= 0.3 is 6.18 Å². The molecule has 0 atom stereocenters. The number of thiazole rings is 1. The van der Waals surface area contributed by atoms with Crippen LogP contribution in [0.25, 0.3) is 0 Å². The van der Waals surface area contributed by atoms with Gasteiger partial charge in [0.1, 0.15) is 10.8 Å². The maximum absolute atomic E-state index is 13.5. The van der Waals surface area contributed by atoms with E-state index < -0.39 is 11.9 Å². The van der Waals surface area contributed by atoms with Gasteiger partial charge in [-0.1, -0.05) is 12.1 Å². The van der Waals surface area contributed by atoms with Crippen molar-refractivity contribution in [1.29, 1.82) is 0 Å². The molecule has 0 aliphatic heterocycles. The summed E-state index contributed by atoms with van der Waals surface area (Å²) < 4.78 is 51.4. The lowest BCUT2D eigenvalue weighted by Crippen LogP contribution is -2.41. The summed E-state index contributed by atoms with van der Waals surface area (Å²) in [5, 5.41) is 7.58. The third-order valence-corrected chi connectivity index (χ3v) is 5.28. The number of rotatable bonds is 6. The summed E-state index contributed by atoms with van der Waals surface area (Å²) in [7, 11) is 0. The highest BCUT2D eigenvalue weighted by Crippen LogP contribution is 2.47. The minimum Gasteiger partial charge on any atom is -0.357 e. The average Bonchev–Trinajstić information content (AvgIpc) is 3.25. The minimum absolute atomic E-state index is 0.0586. The zero-order chi connectivity index (χ0) is 19.5. The highest BCUT2D eigenvalue weighted by molar-refractivity contribution is 7.09. The zero-order valence-electron chi connectivity index (χ0n) is 14.7. The summed E-state index contributed by atoms with van der Waals surface area (Å²) >= 11 is 0.936. The molecule has 146 valence electrons. The molecule has 1 aliphatic carbocycles. The molecule has 1 fully saturated rings. The Hall–Kier alpha value is -2.16. The van der Waals surface area contributed by atoms with Crippen molar-refractivity contribution in [3.63, 3.8) is 0 Å². The number of alkyl halides is 3. The number of nitrogens with one attached hydrogen (secondary N) is 2. The lowest BCUT2D eigenvalue weighted by Gasteiger charge is -2.19. The Morgan fingerprint density at radius 2 is 2.07 bits per heavy atom. The molecule has 27 heavy (non-hydrogen) atoms. The SMILES string of the molecule is CCNC(=NCc1nc(C(F)(F)F)cs1)NCC1(c2cccc(F)c2)CC1. The number of hydrogen-bond donors (Lipinski definition) is 2. The van der Waals surface area contributed by atoms with Crippen LogP contribution >= 0.6 is 11.3 Å². The summed E-state index contributed by atoms with van der Waals surface area (Å²) in [5.41, 5.74) is -0.0672. The standard InChI is InChI=1S/C18H20F4N4S/c1-2-23-16(24-9-15-26-14(10-27-15)18(20,21)22)25-11-17(6-7-17)12-4-3-5-13(19)8-12/h3-5,8,10H,2,6-7,9,11H2,1H3,(H2,23,24,25). The normalized spacial score (nSPS) is 16.3. The number of aliphatic imine (C=N–C) groups is 1. The first kappa shape index (κ1) is 19.6. The zero-order valence-corrected chi connectivity index (χ0v) is 15.6. The van der Waals surface area contributed by atoms with Crippen LogP contribution in [0.5, 0.6) is 0 Å². The molecule has 0 radical (unpaired) electrons. The Morgan fingerprint density at radius 1 is 1.30 bits per heavy atom. The Labute approximate surface area is 158 Å². The van der Waals surface area contributed by atoms with Crippen molar-refractivity contribution in [3.05, 3.63) is 51.7 Å². The van der Waals surface area contributed by atoms with E-state index in [1.807, 2.05) is 13.0 Å². The van der Waals surface area contributed by atoms with Crippen LogP contribution in [-0.4, -0.2) is 24.0 Å². The second kappa shape index (κ2) is 7.84. The molecule has 1 aliphatic rings. The van der Waals surface area contributed by atoms with Crippen LogP contribution in [-0.2, 0) is 18.1 Å². The highest BCUT2D eigenvalue weighted by atomic mass is 32.1. The fourth-order valence-corrected chi connectivity index (χ4v) is 3.52. The predicted molar refractivity (Wildman–Crippen MR) is 97.2 cm³/mol. The van der Waals surface area contributed by atoms with Crippen molar-refractivity contribution in [2.75, 3.05) is 13.1 Å². The van der Waals surface area contributed by atoms with Crippen LogP contribution in [0, 0.1) is 5.82 Å². The summed E-state index contributed by atoms with van der Waals surface area (Å²) in [4.78, 5) is 7.90. The molecule has 0 bridgehead atoms. The molecule has 1 saturated carbocycles. The topological polar surface area (TPSA) is 49.3 Å². The van der Waals surface area contributed by atoms with E-state index >= 15 is 0 Å². The summed E-state index contributed by atoms with van der Waals surface area (Å²) in [6.07, 6.45) is -2.54. The molecule has 1 heterocycles. The molecule has 2 aromatic rings. The van der Waals surface area contributed by atoms with Gasteiger partial charge < -0.3 is 10.6 Å². The third-order valence-electron chi connectivity index (χ3n) is 4.44. The van der Waals surface area contributed by atoms with Crippen molar-refractivity contribution in [3.8, 4) is 0 Å². The van der Waals surface area contributed by atoms with Crippen LogP contribution in [0.15, 0.2) is 34.6 Å². The molecular weight excluding hydrogens is 380 g/mol. The second-order valence-electron chi connectivity index (χ2n) is 6.46. The summed E-state index contributed by atoms with van der Waals surface area (Å²) in [6.45, 7) is 3.16. The molecule has 2 N–H and O–H groups in total. The van der Waals surface area contributed by atoms with E-state index in [2.05, 4.69) is 20.6 Å². The van der Waals surface area contributed by atoms with Gasteiger partial charge in [0.25, 0.3) is 0 Å². The smallest absolute Gasteiger partial charge is 0.357 e. The first-order chi connectivity index (χ1) is 12.8. The van der Waals surface area contributed by atoms with Gasteiger partial charge in [0, 0.05) is 23.9 Å². The average molecular weight is 400 g/mol. The molecule has 1 aromatic heterocycles. The monoisotopic (exact) mass is 400 g/mol. The minimum atomic E-state index is -4.44. The van der Waals surface area contributed by atoms with E-state index in [-0.39, 0.29) is 17.8 Å². The summed E-state index contributed by atoms with van der Waals surface area (Å²) in [5.74, 6) is 0.243. The van der Waals surface area contributed by atoms with E-state index in [0.29, 0.717) is 24.1 Å². The van der Waals surface area contributed by atoms with Gasteiger partial charge in [-0.05, 0) is 37.5 Å². The van der Waals surface area contributed by atoms with Crippen LogP contribution < -0.4 is 10.6 Å². The first-order valence-electron chi connectivity index (χ1n) is 8.62. The van der Waals surface area contributed by atoms with Crippen LogP contribution in [0.3, 0.4) is 0 Å². The van der Waals surface area contributed by atoms with Crippen molar-refractivity contribution in [2.24, 2.45) is 4.99 Å². The molecule has 0 unspecified atom stereocenters. The van der Waals surface area contributed by atoms with Gasteiger partial charge in [-0.15, -0.1) is 11.3 Å². The Kier molecular flexibility index (Phi) is 5.69. The number of nitrogens with zero attached hydrogens (tertiary/aromatic N) is 2. The van der Waals surface area contributed by atoms with E-state index in [1.54, 1.807) is 12.1 Å². The quantitative estimate of drug-likeness (QED) is 0.436. The molecule has 9 heteroatoms. The number of benzene rings is 1. The van der Waals surface area contributed by atoms with Crippen molar-refractivity contribution >= 4 is 17.3 Å². The van der Waals surface area contributed by atoms with Crippen molar-refractivity contribution < 1.29 is 17.6 Å². The molecular formula is C18H20F4N4S. The number of guanidine groups is 1. The molecule has 4 nitrogen and oxygen atoms in total. The molecule has 0 amide bonds. The van der Waals surface area contributed by atoms with Crippen molar-refractivity contribution in [1.82, 2.24) is 15.6 Å². The van der Waals surface area contributed by atoms with E-state index in [4.69, 9.17) is 0 Å². The number of halogens is 4. The highest BCUT2D eigenvalue weighted by Gasteiger charge is 2.44. The van der Waals surface area contributed by atoms with Gasteiger partial charge in [-0.2, -0.15) is 13.2 Å². The number of hydrogen-bond acceptors (Lipinski definition) is 3. The maximum Gasteiger partial charge on any atom is 0.434 e. The maximum atomic E-state index is 13.5. The number of aromatic nitrogens is 1. The van der Waals surface area contributed by atoms with Crippen LogP contribution in [0.2, 0.25) is 0 Å². The second-order valence-corrected chi connectivity index (χ2v) is 7.41. The Bertz CT molecular complexity index is 812. The van der Waals surface area contributed by atoms with E-state index in [9.17, 15) is 17.6 Å². The van der Waals surface area contributed by atoms with Crippen LogP contribution in [0.4, 0.5) is 17.6 Å². The van der Waals surface area contributed by atoms with E-state index in [0.717, 1.165) is 35.1 Å². The van der Waals surface area contributed by atoms with Crippen molar-refractivity contribution in [2.45, 2.75) is 37.9 Å². The lowest BCUT2D eigenvalue weighted by molar-refractivity contribution is -0.140. The summed E-state index contributed by atoms with van der Waals surface area (Å²) in [6, 6.07) is 6.58. The fourth-order valence-electron chi connectivity index (χ4n) is 2.79. The van der Waals surface area contributed by atoms with Gasteiger partial charge in [-0.25, -0.2) is 14.4 Å². The van der Waals surface area contributed by atoms with Gasteiger partial charge in [-0.3, -0.25) is 0 Å². The van der Waals surface area contributed by atoms with Gasteiger partial charge in [0.2, 0.25) is 0 Å².